The van der Waals surface area contributed by atoms with Gasteiger partial charge in [0.2, 0.25) is 5.91 Å². The van der Waals surface area contributed by atoms with E-state index in [2.05, 4.69) is 4.90 Å². The van der Waals surface area contributed by atoms with E-state index < -0.39 is 0 Å². The van der Waals surface area contributed by atoms with Gasteiger partial charge in [0.25, 0.3) is 5.91 Å². The first kappa shape index (κ1) is 18.0. The molecule has 1 fully saturated rings. The Labute approximate surface area is 162 Å². The number of rotatable bonds is 2. The molecule has 4 rings (SSSR count). The first-order valence-electron chi connectivity index (χ1n) is 9.18. The molecule has 5 nitrogen and oxygen atoms in total. The van der Waals surface area contributed by atoms with Crippen molar-refractivity contribution in [1.82, 2.24) is 9.80 Å². The molecule has 0 bridgehead atoms. The zero-order valence-corrected chi connectivity index (χ0v) is 16.1. The highest BCUT2D eigenvalue weighted by atomic mass is 32.1. The van der Waals surface area contributed by atoms with E-state index in [1.54, 1.807) is 30.4 Å². The van der Waals surface area contributed by atoms with Gasteiger partial charge < -0.3 is 14.7 Å². The fraction of sp³-hybridized carbons (Fsp3) is 0.400. The minimum Gasteiger partial charge on any atom is -0.368 e. The van der Waals surface area contributed by atoms with Crippen LogP contribution in [0.1, 0.15) is 27.0 Å². The number of anilines is 1. The Bertz CT molecular complexity index is 857. The van der Waals surface area contributed by atoms with Crippen LogP contribution in [0.5, 0.6) is 0 Å². The third-order valence-electron chi connectivity index (χ3n) is 5.28. The molecule has 1 aromatic heterocycles. The Hall–Kier alpha value is -2.41. The maximum atomic E-state index is 13.1. The molecule has 0 spiro atoms. The maximum Gasteiger partial charge on any atom is 0.264 e. The van der Waals surface area contributed by atoms with E-state index in [0.717, 1.165) is 42.2 Å². The van der Waals surface area contributed by atoms with Crippen LogP contribution in [-0.4, -0.2) is 54.3 Å². The molecule has 2 aliphatic rings. The highest BCUT2D eigenvalue weighted by Crippen LogP contribution is 2.29. The van der Waals surface area contributed by atoms with Gasteiger partial charge in [-0.1, -0.05) is 0 Å². The summed E-state index contributed by atoms with van der Waals surface area (Å²) < 4.78 is 13.1. The Kier molecular flexibility index (Phi) is 4.86. The largest absolute Gasteiger partial charge is 0.368 e. The van der Waals surface area contributed by atoms with Crippen LogP contribution in [-0.2, 0) is 17.8 Å². The van der Waals surface area contributed by atoms with Crippen molar-refractivity contribution in [1.29, 1.82) is 0 Å². The summed E-state index contributed by atoms with van der Waals surface area (Å²) in [7, 11) is 0. The first-order valence-corrected chi connectivity index (χ1v) is 10.00. The Morgan fingerprint density at radius 3 is 2.37 bits per heavy atom. The third-order valence-corrected chi connectivity index (χ3v) is 6.51. The van der Waals surface area contributed by atoms with Gasteiger partial charge in [-0.3, -0.25) is 9.59 Å². The van der Waals surface area contributed by atoms with Gasteiger partial charge >= 0.3 is 0 Å². The van der Waals surface area contributed by atoms with Crippen molar-refractivity contribution in [3.8, 4) is 0 Å². The molecule has 0 aliphatic carbocycles. The van der Waals surface area contributed by atoms with Gasteiger partial charge in [0.1, 0.15) is 5.82 Å². The second-order valence-corrected chi connectivity index (χ2v) is 8.14. The molecule has 0 unspecified atom stereocenters. The Morgan fingerprint density at radius 2 is 1.70 bits per heavy atom. The lowest BCUT2D eigenvalue weighted by Gasteiger charge is -2.36. The van der Waals surface area contributed by atoms with E-state index in [4.69, 9.17) is 0 Å². The first-order chi connectivity index (χ1) is 13.0. The summed E-state index contributed by atoms with van der Waals surface area (Å²) in [5, 5.41) is 0. The van der Waals surface area contributed by atoms with E-state index in [9.17, 15) is 14.0 Å². The molecule has 1 aromatic carbocycles. The molecule has 142 valence electrons. The molecule has 2 aromatic rings. The molecular weight excluding hydrogens is 365 g/mol. The topological polar surface area (TPSA) is 43.9 Å². The lowest BCUT2D eigenvalue weighted by molar-refractivity contribution is -0.129. The number of amides is 2. The zero-order chi connectivity index (χ0) is 19.0. The lowest BCUT2D eigenvalue weighted by Crippen LogP contribution is -2.48. The van der Waals surface area contributed by atoms with Crippen molar-refractivity contribution in [2.75, 3.05) is 37.6 Å². The van der Waals surface area contributed by atoms with Crippen LogP contribution in [0.25, 0.3) is 0 Å². The molecule has 3 heterocycles. The summed E-state index contributed by atoms with van der Waals surface area (Å²) in [6, 6.07) is 8.45. The van der Waals surface area contributed by atoms with Crippen LogP contribution >= 0.6 is 11.3 Å². The van der Waals surface area contributed by atoms with Gasteiger partial charge in [0.05, 0.1) is 4.88 Å². The average Bonchev–Trinajstić information content (AvgIpc) is 3.11. The lowest BCUT2D eigenvalue weighted by atomic mass is 10.1. The molecule has 2 amide bonds. The second-order valence-electron chi connectivity index (χ2n) is 7.01. The van der Waals surface area contributed by atoms with Crippen LogP contribution in [0.3, 0.4) is 0 Å². The number of halogens is 1. The van der Waals surface area contributed by atoms with Gasteiger partial charge in [-0.15, -0.1) is 11.3 Å². The van der Waals surface area contributed by atoms with Gasteiger partial charge in [0.15, 0.2) is 0 Å². The number of thiophene rings is 1. The SMILES string of the molecule is CC(=O)N1CCc2sc(C(=O)N3CCN(c4ccc(F)cc4)CC3)cc2C1. The monoisotopic (exact) mass is 387 g/mol. The van der Waals surface area contributed by atoms with Crippen molar-refractivity contribution < 1.29 is 14.0 Å². The van der Waals surface area contributed by atoms with E-state index >= 15 is 0 Å². The van der Waals surface area contributed by atoms with Crippen LogP contribution in [0, 0.1) is 5.82 Å². The molecule has 7 heteroatoms. The normalized spacial score (nSPS) is 17.0. The van der Waals surface area contributed by atoms with Crippen LogP contribution < -0.4 is 4.90 Å². The smallest absolute Gasteiger partial charge is 0.264 e. The second kappa shape index (κ2) is 7.31. The predicted molar refractivity (Wildman–Crippen MR) is 104 cm³/mol. The Morgan fingerprint density at radius 1 is 1.00 bits per heavy atom. The van der Waals surface area contributed by atoms with E-state index in [-0.39, 0.29) is 17.6 Å². The summed E-state index contributed by atoms with van der Waals surface area (Å²) in [6.07, 6.45) is 0.825. The highest BCUT2D eigenvalue weighted by molar-refractivity contribution is 7.14. The van der Waals surface area contributed by atoms with Crippen molar-refractivity contribution in [3.05, 3.63) is 51.5 Å². The van der Waals surface area contributed by atoms with Gasteiger partial charge in [-0.2, -0.15) is 0 Å². The van der Waals surface area contributed by atoms with E-state index in [1.807, 2.05) is 15.9 Å². The van der Waals surface area contributed by atoms with E-state index in [1.165, 1.54) is 17.0 Å². The van der Waals surface area contributed by atoms with Crippen LogP contribution in [0.4, 0.5) is 10.1 Å². The van der Waals surface area contributed by atoms with Crippen molar-refractivity contribution in [2.45, 2.75) is 19.9 Å². The molecular formula is C20H22FN3O2S. The van der Waals surface area contributed by atoms with E-state index in [0.29, 0.717) is 19.6 Å². The number of nitrogens with zero attached hydrogens (tertiary/aromatic N) is 3. The summed E-state index contributed by atoms with van der Waals surface area (Å²) in [4.78, 5) is 32.4. The number of hydrogen-bond donors (Lipinski definition) is 0. The molecule has 0 saturated carbocycles. The molecule has 0 N–H and O–H groups in total. The van der Waals surface area contributed by atoms with Crippen molar-refractivity contribution in [3.63, 3.8) is 0 Å². The predicted octanol–water partition coefficient (Wildman–Crippen LogP) is 2.75. The molecule has 1 saturated heterocycles. The summed E-state index contributed by atoms with van der Waals surface area (Å²) >= 11 is 1.57. The fourth-order valence-electron chi connectivity index (χ4n) is 3.68. The van der Waals surface area contributed by atoms with Crippen LogP contribution in [0.2, 0.25) is 0 Å². The minimum atomic E-state index is -0.238. The minimum absolute atomic E-state index is 0.0718. The van der Waals surface area contributed by atoms with Crippen molar-refractivity contribution in [2.24, 2.45) is 0 Å². The van der Waals surface area contributed by atoms with Crippen molar-refractivity contribution >= 4 is 28.8 Å². The quantitative estimate of drug-likeness (QED) is 0.796. The number of piperazine rings is 1. The maximum absolute atomic E-state index is 13.1. The number of fused-ring (bicyclic) bond motifs is 1. The average molecular weight is 387 g/mol. The summed E-state index contributed by atoms with van der Waals surface area (Å²) in [5.74, 6) is -0.0864. The summed E-state index contributed by atoms with van der Waals surface area (Å²) in [5.41, 5.74) is 2.09. The standard InChI is InChI=1S/C20H22FN3O2S/c1-14(25)24-7-6-18-15(13-24)12-19(27-18)20(26)23-10-8-22(9-11-23)17-4-2-16(21)3-5-17/h2-5,12H,6-11,13H2,1H3. The fourth-order valence-corrected chi connectivity index (χ4v) is 4.81. The van der Waals surface area contributed by atoms with Gasteiger partial charge in [-0.25, -0.2) is 4.39 Å². The number of benzene rings is 1. The highest BCUT2D eigenvalue weighted by Gasteiger charge is 2.27. The molecule has 0 atom stereocenters. The third kappa shape index (κ3) is 3.69. The zero-order valence-electron chi connectivity index (χ0n) is 15.3. The number of hydrogen-bond acceptors (Lipinski definition) is 4. The number of carbonyl (C=O) groups is 2. The molecule has 27 heavy (non-hydrogen) atoms. The Balaban J connectivity index is 1.40. The number of carbonyl (C=O) groups excluding carboxylic acids is 2. The van der Waals surface area contributed by atoms with Crippen LogP contribution in [0.15, 0.2) is 30.3 Å². The molecule has 2 aliphatic heterocycles. The van der Waals surface area contributed by atoms with Gasteiger partial charge in [-0.05, 0) is 42.3 Å². The summed E-state index contributed by atoms with van der Waals surface area (Å²) in [6.45, 7) is 5.70. The van der Waals surface area contributed by atoms with Gasteiger partial charge in [0, 0.05) is 56.8 Å². The molecule has 0 radical (unpaired) electrons.